The zero-order valence-electron chi connectivity index (χ0n) is 12.7. The number of rotatable bonds is 10. The van der Waals surface area contributed by atoms with Crippen LogP contribution in [0.2, 0.25) is 0 Å². The predicted octanol–water partition coefficient (Wildman–Crippen LogP) is 1.68. The smallest absolute Gasteiger partial charge is 0.169 e. The van der Waals surface area contributed by atoms with E-state index < -0.39 is 0 Å². The van der Waals surface area contributed by atoms with E-state index in [0.717, 1.165) is 6.42 Å². The lowest BCUT2D eigenvalue weighted by Crippen LogP contribution is -3.00. The molecular weight excluding hydrogens is 254 g/mol. The van der Waals surface area contributed by atoms with E-state index in [9.17, 15) is 0 Å². The van der Waals surface area contributed by atoms with Crippen molar-refractivity contribution in [2.45, 2.75) is 78.2 Å². The summed E-state index contributed by atoms with van der Waals surface area (Å²) in [7, 11) is 0. The van der Waals surface area contributed by atoms with Crippen LogP contribution in [0.3, 0.4) is 0 Å². The second-order valence-corrected chi connectivity index (χ2v) is 5.27. The lowest BCUT2D eigenvalue weighted by molar-refractivity contribution is -0.697. The maximum absolute atomic E-state index is 2.32. The van der Waals surface area contributed by atoms with Crippen LogP contribution >= 0.6 is 0 Å². The molecule has 0 saturated heterocycles. The van der Waals surface area contributed by atoms with Gasteiger partial charge in [0.05, 0.1) is 0 Å². The molecule has 110 valence electrons. The summed E-state index contributed by atoms with van der Waals surface area (Å²) in [5, 5.41) is 0. The predicted molar refractivity (Wildman–Crippen MR) is 78.6 cm³/mol. The van der Waals surface area contributed by atoms with Gasteiger partial charge in [-0.25, -0.2) is 4.57 Å². The average Bonchev–Trinajstić information content (AvgIpc) is 2.42. The first-order valence-corrected chi connectivity index (χ1v) is 7.84. The highest BCUT2D eigenvalue weighted by molar-refractivity contribution is 5.06. The van der Waals surface area contributed by atoms with E-state index >= 15 is 0 Å². The topological polar surface area (TPSA) is 3.88 Å². The van der Waals surface area contributed by atoms with Crippen LogP contribution in [0.5, 0.6) is 0 Å². The van der Waals surface area contributed by atoms with Crippen LogP contribution in [-0.2, 0) is 13.0 Å². The Bertz CT molecular complexity index is 295. The summed E-state index contributed by atoms with van der Waals surface area (Å²) in [6, 6.07) is 4.48. The zero-order chi connectivity index (χ0) is 13.1. The number of halogens is 1. The molecule has 0 atom stereocenters. The minimum Gasteiger partial charge on any atom is -1.00 e. The Kier molecular flexibility index (Phi) is 12.1. The molecule has 0 spiro atoms. The van der Waals surface area contributed by atoms with Gasteiger partial charge in [-0.2, -0.15) is 0 Å². The van der Waals surface area contributed by atoms with Gasteiger partial charge in [0.2, 0.25) is 0 Å². The molecule has 0 radical (unpaired) electrons. The van der Waals surface area contributed by atoms with E-state index in [2.05, 4.69) is 42.9 Å². The molecular formula is C17H30ClN. The van der Waals surface area contributed by atoms with Gasteiger partial charge in [-0.3, -0.25) is 0 Å². The van der Waals surface area contributed by atoms with Crippen molar-refractivity contribution in [2.75, 3.05) is 0 Å². The molecule has 1 aromatic heterocycles. The van der Waals surface area contributed by atoms with Crippen molar-refractivity contribution in [2.24, 2.45) is 0 Å². The molecule has 1 heterocycles. The van der Waals surface area contributed by atoms with Crippen molar-refractivity contribution in [3.05, 3.63) is 30.1 Å². The summed E-state index contributed by atoms with van der Waals surface area (Å²) in [6.07, 6.45) is 16.8. The highest BCUT2D eigenvalue weighted by Crippen LogP contribution is 2.08. The molecule has 0 bridgehead atoms. The molecule has 0 fully saturated rings. The summed E-state index contributed by atoms with van der Waals surface area (Å²) in [6.45, 7) is 5.66. The standard InChI is InChI=1S/C17H30N.ClH/c1-3-5-6-7-8-9-10-11-14-18-15-12-17(4-2)13-16-18;/h12-13,15-16H,3-11,14H2,1-2H3;1H/q+1;/p-1. The summed E-state index contributed by atoms with van der Waals surface area (Å²) in [5.41, 5.74) is 1.43. The molecule has 0 amide bonds. The third-order valence-corrected chi connectivity index (χ3v) is 3.64. The van der Waals surface area contributed by atoms with E-state index in [1.807, 2.05) is 0 Å². The Balaban J connectivity index is 0.00000324. The van der Waals surface area contributed by atoms with Gasteiger partial charge >= 0.3 is 0 Å². The zero-order valence-corrected chi connectivity index (χ0v) is 13.5. The third kappa shape index (κ3) is 9.04. The number of hydrogen-bond donors (Lipinski definition) is 0. The SMILES string of the molecule is CCCCCCCCCC[n+]1ccc(CC)cc1.[Cl-]. The van der Waals surface area contributed by atoms with Gasteiger partial charge in [0.15, 0.2) is 12.4 Å². The quantitative estimate of drug-likeness (QED) is 0.454. The second-order valence-electron chi connectivity index (χ2n) is 5.27. The minimum absolute atomic E-state index is 0. The van der Waals surface area contributed by atoms with Gasteiger partial charge in [0.25, 0.3) is 0 Å². The van der Waals surface area contributed by atoms with Crippen LogP contribution in [-0.4, -0.2) is 0 Å². The fourth-order valence-corrected chi connectivity index (χ4v) is 2.30. The van der Waals surface area contributed by atoms with Crippen LogP contribution in [0.4, 0.5) is 0 Å². The molecule has 0 aliphatic carbocycles. The summed E-state index contributed by atoms with van der Waals surface area (Å²) >= 11 is 0. The number of unbranched alkanes of at least 4 members (excludes halogenated alkanes) is 7. The highest BCUT2D eigenvalue weighted by atomic mass is 35.5. The Labute approximate surface area is 125 Å². The Hall–Kier alpha value is -0.560. The number of pyridine rings is 1. The molecule has 0 N–H and O–H groups in total. The molecule has 1 aromatic rings. The molecule has 1 rings (SSSR count). The lowest BCUT2D eigenvalue weighted by Gasteiger charge is -2.00. The van der Waals surface area contributed by atoms with Crippen molar-refractivity contribution in [1.82, 2.24) is 0 Å². The molecule has 2 heteroatoms. The fraction of sp³-hybridized carbons (Fsp3) is 0.706. The highest BCUT2D eigenvalue weighted by Gasteiger charge is 1.99. The molecule has 19 heavy (non-hydrogen) atoms. The fourth-order valence-electron chi connectivity index (χ4n) is 2.30. The van der Waals surface area contributed by atoms with Crippen LogP contribution in [0, 0.1) is 0 Å². The van der Waals surface area contributed by atoms with E-state index in [0.29, 0.717) is 0 Å². The van der Waals surface area contributed by atoms with Crippen molar-refractivity contribution >= 4 is 0 Å². The van der Waals surface area contributed by atoms with Gasteiger partial charge < -0.3 is 12.4 Å². The number of nitrogens with zero attached hydrogens (tertiary/aromatic N) is 1. The van der Waals surface area contributed by atoms with E-state index in [1.165, 1.54) is 63.5 Å². The van der Waals surface area contributed by atoms with Gasteiger partial charge in [-0.05, 0) is 18.4 Å². The van der Waals surface area contributed by atoms with Gasteiger partial charge in [0, 0.05) is 18.6 Å². The normalized spacial score (nSPS) is 10.2. The van der Waals surface area contributed by atoms with Crippen LogP contribution in [0.25, 0.3) is 0 Å². The first-order valence-electron chi connectivity index (χ1n) is 7.84. The van der Waals surface area contributed by atoms with E-state index in [-0.39, 0.29) is 12.4 Å². The summed E-state index contributed by atoms with van der Waals surface area (Å²) < 4.78 is 2.32. The summed E-state index contributed by atoms with van der Waals surface area (Å²) in [4.78, 5) is 0. The van der Waals surface area contributed by atoms with Crippen molar-refractivity contribution in [3.63, 3.8) is 0 Å². The minimum atomic E-state index is 0. The van der Waals surface area contributed by atoms with Gasteiger partial charge in [-0.15, -0.1) is 0 Å². The first-order chi connectivity index (χ1) is 8.86. The Morgan fingerprint density at radius 2 is 1.32 bits per heavy atom. The number of aromatic nitrogens is 1. The molecule has 0 aromatic carbocycles. The van der Waals surface area contributed by atoms with Crippen molar-refractivity contribution < 1.29 is 17.0 Å². The second kappa shape index (κ2) is 12.5. The Morgan fingerprint density at radius 1 is 0.789 bits per heavy atom. The molecule has 0 unspecified atom stereocenters. The lowest BCUT2D eigenvalue weighted by atomic mass is 10.1. The average molecular weight is 284 g/mol. The summed E-state index contributed by atoms with van der Waals surface area (Å²) in [5.74, 6) is 0. The first kappa shape index (κ1) is 18.4. The molecule has 0 aliphatic rings. The number of hydrogen-bond acceptors (Lipinski definition) is 0. The maximum atomic E-state index is 2.32. The van der Waals surface area contributed by atoms with Gasteiger partial charge in [0.1, 0.15) is 6.54 Å². The van der Waals surface area contributed by atoms with Gasteiger partial charge in [-0.1, -0.05) is 52.4 Å². The monoisotopic (exact) mass is 283 g/mol. The maximum Gasteiger partial charge on any atom is 0.169 e. The third-order valence-electron chi connectivity index (χ3n) is 3.64. The van der Waals surface area contributed by atoms with Crippen LogP contribution in [0.1, 0.15) is 70.8 Å². The van der Waals surface area contributed by atoms with Crippen LogP contribution < -0.4 is 17.0 Å². The molecule has 0 saturated carbocycles. The molecule has 1 nitrogen and oxygen atoms in total. The van der Waals surface area contributed by atoms with Crippen molar-refractivity contribution in [1.29, 1.82) is 0 Å². The molecule has 0 aliphatic heterocycles. The van der Waals surface area contributed by atoms with Crippen molar-refractivity contribution in [3.8, 4) is 0 Å². The van der Waals surface area contributed by atoms with E-state index in [1.54, 1.807) is 0 Å². The largest absolute Gasteiger partial charge is 1.00 e. The van der Waals surface area contributed by atoms with E-state index in [4.69, 9.17) is 0 Å². The Morgan fingerprint density at radius 3 is 1.84 bits per heavy atom. The van der Waals surface area contributed by atoms with Crippen LogP contribution in [0.15, 0.2) is 24.5 Å². The number of aryl methyl sites for hydroxylation is 2.